The molecule has 0 aliphatic carbocycles. The summed E-state index contributed by atoms with van der Waals surface area (Å²) in [4.78, 5) is 12.4. The fraction of sp³-hybridized carbons (Fsp3) is 0.533. The minimum atomic E-state index is -0.569. The minimum Gasteiger partial charge on any atom is -0.325 e. The van der Waals surface area contributed by atoms with Crippen LogP contribution in [0.4, 0.5) is 0 Å². The summed E-state index contributed by atoms with van der Waals surface area (Å²) in [6.45, 7) is 9.70. The van der Waals surface area contributed by atoms with Crippen molar-refractivity contribution in [1.82, 2.24) is 0 Å². The quantitative estimate of drug-likeness (QED) is 0.812. The number of hydrogen-bond acceptors (Lipinski definition) is 2. The normalized spacial score (nSPS) is 12.6. The molecule has 0 atom stereocenters. The molecule has 2 nitrogen and oxygen atoms in total. The highest BCUT2D eigenvalue weighted by Gasteiger charge is 2.40. The Balaban J connectivity index is 3.04. The van der Waals surface area contributed by atoms with Crippen LogP contribution >= 0.6 is 0 Å². The number of Topliss-reactive ketones (excluding diaryl/α,β-unsaturated/α-hetero) is 1. The third kappa shape index (κ3) is 2.75. The van der Waals surface area contributed by atoms with Gasteiger partial charge in [-0.1, -0.05) is 45.0 Å². The van der Waals surface area contributed by atoms with Crippen molar-refractivity contribution in [3.8, 4) is 0 Å². The summed E-state index contributed by atoms with van der Waals surface area (Å²) in [7, 11) is 0. The molecule has 0 aromatic heterocycles. The van der Waals surface area contributed by atoms with Crippen molar-refractivity contribution >= 4 is 5.78 Å². The number of aryl methyl sites for hydroxylation is 1. The van der Waals surface area contributed by atoms with E-state index >= 15 is 0 Å². The van der Waals surface area contributed by atoms with E-state index in [9.17, 15) is 4.79 Å². The largest absolute Gasteiger partial charge is 0.325 e. The summed E-state index contributed by atoms with van der Waals surface area (Å²) in [6, 6.07) is 7.81. The molecule has 1 aromatic carbocycles. The van der Waals surface area contributed by atoms with Gasteiger partial charge in [-0.3, -0.25) is 4.79 Å². The third-order valence-corrected chi connectivity index (χ3v) is 3.80. The lowest BCUT2D eigenvalue weighted by atomic mass is 9.70. The van der Waals surface area contributed by atoms with Crippen LogP contribution in [0.2, 0.25) is 0 Å². The third-order valence-electron chi connectivity index (χ3n) is 3.80. The van der Waals surface area contributed by atoms with Gasteiger partial charge in [0.2, 0.25) is 0 Å². The smallest absolute Gasteiger partial charge is 0.170 e. The average molecular weight is 233 g/mol. The molecule has 1 aromatic rings. The molecule has 0 amide bonds. The SMILES string of the molecule is CCc1ccc(C(=O)C(C)(C)C(C)(C)N)cc1. The molecule has 0 bridgehead atoms. The number of carbonyl (C=O) groups excluding carboxylic acids is 1. The van der Waals surface area contributed by atoms with E-state index in [1.165, 1.54) is 5.56 Å². The Kier molecular flexibility index (Phi) is 3.78. The van der Waals surface area contributed by atoms with E-state index in [1.54, 1.807) is 0 Å². The van der Waals surface area contributed by atoms with Crippen LogP contribution in [0.1, 0.15) is 50.5 Å². The van der Waals surface area contributed by atoms with Crippen molar-refractivity contribution < 1.29 is 4.79 Å². The predicted octanol–water partition coefficient (Wildman–Crippen LogP) is 3.20. The van der Waals surface area contributed by atoms with Crippen LogP contribution in [0, 0.1) is 5.41 Å². The van der Waals surface area contributed by atoms with Gasteiger partial charge >= 0.3 is 0 Å². The standard InChI is InChI=1S/C15H23NO/c1-6-11-7-9-12(10-8-11)13(17)14(2,3)15(4,5)16/h7-10H,6,16H2,1-5H3. The monoisotopic (exact) mass is 233 g/mol. The van der Waals surface area contributed by atoms with Gasteiger partial charge in [-0.25, -0.2) is 0 Å². The van der Waals surface area contributed by atoms with E-state index in [-0.39, 0.29) is 5.78 Å². The van der Waals surface area contributed by atoms with Gasteiger partial charge in [0, 0.05) is 16.5 Å². The first-order chi connectivity index (χ1) is 7.70. The first kappa shape index (κ1) is 13.9. The molecular formula is C15H23NO. The van der Waals surface area contributed by atoms with E-state index in [1.807, 2.05) is 52.0 Å². The van der Waals surface area contributed by atoms with E-state index in [0.717, 1.165) is 12.0 Å². The Morgan fingerprint density at radius 3 is 1.94 bits per heavy atom. The van der Waals surface area contributed by atoms with Gasteiger partial charge in [0.05, 0.1) is 0 Å². The maximum atomic E-state index is 12.4. The molecule has 0 spiro atoms. The second-order valence-corrected chi connectivity index (χ2v) is 5.73. The highest BCUT2D eigenvalue weighted by Crippen LogP contribution is 2.32. The van der Waals surface area contributed by atoms with Gasteiger partial charge in [0.15, 0.2) is 5.78 Å². The second-order valence-electron chi connectivity index (χ2n) is 5.73. The Morgan fingerprint density at radius 1 is 1.12 bits per heavy atom. The fourth-order valence-corrected chi connectivity index (χ4v) is 1.55. The average Bonchev–Trinajstić information content (AvgIpc) is 2.26. The lowest BCUT2D eigenvalue weighted by molar-refractivity contribution is 0.0735. The van der Waals surface area contributed by atoms with Crippen LogP contribution in [0.5, 0.6) is 0 Å². The molecule has 1 rings (SSSR count). The van der Waals surface area contributed by atoms with Crippen LogP contribution in [0.3, 0.4) is 0 Å². The van der Waals surface area contributed by atoms with Crippen molar-refractivity contribution in [2.45, 2.75) is 46.6 Å². The van der Waals surface area contributed by atoms with Crippen molar-refractivity contribution in [2.75, 3.05) is 0 Å². The summed E-state index contributed by atoms with van der Waals surface area (Å²) in [5.74, 6) is 0.104. The molecule has 2 N–H and O–H groups in total. The van der Waals surface area contributed by atoms with Crippen molar-refractivity contribution in [1.29, 1.82) is 0 Å². The van der Waals surface area contributed by atoms with Gasteiger partial charge in [0.25, 0.3) is 0 Å². The first-order valence-electron chi connectivity index (χ1n) is 6.12. The molecular weight excluding hydrogens is 210 g/mol. The Labute approximate surface area is 104 Å². The van der Waals surface area contributed by atoms with Crippen LogP contribution in [0.15, 0.2) is 24.3 Å². The molecule has 0 unspecified atom stereocenters. The lowest BCUT2D eigenvalue weighted by Crippen LogP contribution is -2.51. The molecule has 0 radical (unpaired) electrons. The predicted molar refractivity (Wildman–Crippen MR) is 72.2 cm³/mol. The maximum Gasteiger partial charge on any atom is 0.170 e. The lowest BCUT2D eigenvalue weighted by Gasteiger charge is -2.37. The van der Waals surface area contributed by atoms with Crippen LogP contribution in [0.25, 0.3) is 0 Å². The Morgan fingerprint density at radius 2 is 1.59 bits per heavy atom. The fourth-order valence-electron chi connectivity index (χ4n) is 1.55. The minimum absolute atomic E-state index is 0.104. The van der Waals surface area contributed by atoms with Crippen LogP contribution in [-0.2, 0) is 6.42 Å². The molecule has 0 heterocycles. The topological polar surface area (TPSA) is 43.1 Å². The number of rotatable bonds is 4. The molecule has 94 valence electrons. The summed E-state index contributed by atoms with van der Waals surface area (Å²) in [5, 5.41) is 0. The molecule has 2 heteroatoms. The zero-order chi connectivity index (χ0) is 13.3. The van der Waals surface area contributed by atoms with Gasteiger partial charge in [0.1, 0.15) is 0 Å². The maximum absolute atomic E-state index is 12.4. The van der Waals surface area contributed by atoms with E-state index < -0.39 is 11.0 Å². The zero-order valence-corrected chi connectivity index (χ0v) is 11.5. The summed E-state index contributed by atoms with van der Waals surface area (Å²) < 4.78 is 0. The number of ketones is 1. The highest BCUT2D eigenvalue weighted by atomic mass is 16.1. The van der Waals surface area contributed by atoms with Crippen LogP contribution < -0.4 is 5.73 Å². The van der Waals surface area contributed by atoms with Crippen LogP contribution in [-0.4, -0.2) is 11.3 Å². The molecule has 0 fully saturated rings. The first-order valence-corrected chi connectivity index (χ1v) is 6.12. The van der Waals surface area contributed by atoms with Gasteiger partial charge in [-0.2, -0.15) is 0 Å². The Bertz CT molecular complexity index is 396. The van der Waals surface area contributed by atoms with E-state index in [2.05, 4.69) is 6.92 Å². The van der Waals surface area contributed by atoms with Gasteiger partial charge in [-0.15, -0.1) is 0 Å². The second kappa shape index (κ2) is 4.61. The van der Waals surface area contributed by atoms with Gasteiger partial charge in [-0.05, 0) is 25.8 Å². The zero-order valence-electron chi connectivity index (χ0n) is 11.5. The molecule has 0 saturated carbocycles. The van der Waals surface area contributed by atoms with Gasteiger partial charge < -0.3 is 5.73 Å². The summed E-state index contributed by atoms with van der Waals surface area (Å²) in [5.41, 5.74) is 6.97. The number of hydrogen-bond donors (Lipinski definition) is 1. The van der Waals surface area contributed by atoms with Crippen molar-refractivity contribution in [3.05, 3.63) is 35.4 Å². The highest BCUT2D eigenvalue weighted by molar-refractivity contribution is 6.00. The van der Waals surface area contributed by atoms with E-state index in [0.29, 0.717) is 0 Å². The molecule has 0 saturated heterocycles. The summed E-state index contributed by atoms with van der Waals surface area (Å²) in [6.07, 6.45) is 0.986. The number of nitrogens with two attached hydrogens (primary N) is 1. The number of carbonyl (C=O) groups is 1. The van der Waals surface area contributed by atoms with Crippen molar-refractivity contribution in [2.24, 2.45) is 11.1 Å². The summed E-state index contributed by atoms with van der Waals surface area (Å²) >= 11 is 0. The molecule has 17 heavy (non-hydrogen) atoms. The Hall–Kier alpha value is -1.15. The number of benzene rings is 1. The molecule has 0 aliphatic rings. The van der Waals surface area contributed by atoms with Crippen molar-refractivity contribution in [3.63, 3.8) is 0 Å². The van der Waals surface area contributed by atoms with E-state index in [4.69, 9.17) is 5.73 Å². The molecule has 0 aliphatic heterocycles.